The van der Waals surface area contributed by atoms with Crippen molar-refractivity contribution in [3.63, 3.8) is 0 Å². The predicted molar refractivity (Wildman–Crippen MR) is 70.5 cm³/mol. The summed E-state index contributed by atoms with van der Waals surface area (Å²) in [5.74, 6) is 2.23. The van der Waals surface area contributed by atoms with Gasteiger partial charge < -0.3 is 14.6 Å². The number of nitrogens with zero attached hydrogens (tertiary/aromatic N) is 3. The molecule has 1 N–H and O–H groups in total. The number of carbonyl (C=O) groups excluding carboxylic acids is 1. The van der Waals surface area contributed by atoms with Crippen molar-refractivity contribution in [1.29, 1.82) is 0 Å². The van der Waals surface area contributed by atoms with Gasteiger partial charge in [-0.05, 0) is 12.8 Å². The van der Waals surface area contributed by atoms with Gasteiger partial charge >= 0.3 is 0 Å². The molecule has 0 aromatic carbocycles. The first kappa shape index (κ1) is 14.0. The molecule has 1 amide bonds. The highest BCUT2D eigenvalue weighted by Crippen LogP contribution is 2.34. The van der Waals surface area contributed by atoms with Crippen LogP contribution in [0.5, 0.6) is 0 Å². The Morgan fingerprint density at radius 2 is 2.26 bits per heavy atom. The maximum Gasteiger partial charge on any atom is 0.225 e. The third-order valence-corrected chi connectivity index (χ3v) is 3.75. The van der Waals surface area contributed by atoms with E-state index in [2.05, 4.69) is 15.5 Å². The summed E-state index contributed by atoms with van der Waals surface area (Å²) in [6, 6.07) is 0. The topological polar surface area (TPSA) is 69.0 Å². The number of nitrogens with one attached hydrogen (secondary N) is 1. The fourth-order valence-corrected chi connectivity index (χ4v) is 2.22. The molecule has 1 atom stereocenters. The molecule has 0 bridgehead atoms. The van der Waals surface area contributed by atoms with E-state index in [0.29, 0.717) is 19.1 Å². The summed E-state index contributed by atoms with van der Waals surface area (Å²) in [5, 5.41) is 11.3. The molecule has 106 valence electrons. The summed E-state index contributed by atoms with van der Waals surface area (Å²) >= 11 is 0. The van der Waals surface area contributed by atoms with E-state index in [4.69, 9.17) is 4.74 Å². The lowest BCUT2D eigenvalue weighted by molar-refractivity contribution is -0.126. The minimum atomic E-state index is -0.149. The number of methoxy groups -OCH3 is 1. The van der Waals surface area contributed by atoms with Crippen LogP contribution in [0.3, 0.4) is 0 Å². The first-order chi connectivity index (χ1) is 9.13. The van der Waals surface area contributed by atoms with Gasteiger partial charge in [0.2, 0.25) is 5.91 Å². The van der Waals surface area contributed by atoms with Crippen molar-refractivity contribution < 1.29 is 9.53 Å². The SMILES string of the molecule is COC[C@H](C)C(=O)NCc1nnc(C2CCC2)n1C. The highest BCUT2D eigenvalue weighted by atomic mass is 16.5. The molecule has 0 saturated heterocycles. The molecule has 1 aliphatic rings. The lowest BCUT2D eigenvalue weighted by Crippen LogP contribution is -2.32. The Morgan fingerprint density at radius 3 is 2.84 bits per heavy atom. The molecule has 0 spiro atoms. The van der Waals surface area contributed by atoms with Crippen molar-refractivity contribution in [3.8, 4) is 0 Å². The van der Waals surface area contributed by atoms with E-state index in [9.17, 15) is 4.79 Å². The van der Waals surface area contributed by atoms with Crippen LogP contribution < -0.4 is 5.32 Å². The van der Waals surface area contributed by atoms with E-state index < -0.39 is 0 Å². The average molecular weight is 266 g/mol. The Labute approximate surface area is 113 Å². The number of amides is 1. The van der Waals surface area contributed by atoms with Gasteiger partial charge in [0.15, 0.2) is 5.82 Å². The van der Waals surface area contributed by atoms with Crippen LogP contribution >= 0.6 is 0 Å². The minimum absolute atomic E-state index is 0.0185. The minimum Gasteiger partial charge on any atom is -0.384 e. The summed E-state index contributed by atoms with van der Waals surface area (Å²) in [6.07, 6.45) is 3.67. The lowest BCUT2D eigenvalue weighted by atomic mass is 9.85. The summed E-state index contributed by atoms with van der Waals surface area (Å²) in [7, 11) is 3.56. The third kappa shape index (κ3) is 3.12. The molecular formula is C13H22N4O2. The van der Waals surface area contributed by atoms with E-state index in [1.807, 2.05) is 18.5 Å². The molecule has 1 aromatic rings. The molecule has 0 radical (unpaired) electrons. The first-order valence-electron chi connectivity index (χ1n) is 6.78. The van der Waals surface area contributed by atoms with Crippen molar-refractivity contribution in [2.75, 3.05) is 13.7 Å². The van der Waals surface area contributed by atoms with E-state index in [-0.39, 0.29) is 11.8 Å². The van der Waals surface area contributed by atoms with Crippen molar-refractivity contribution in [3.05, 3.63) is 11.6 Å². The number of carbonyl (C=O) groups is 1. The number of ether oxygens (including phenoxy) is 1. The van der Waals surface area contributed by atoms with E-state index in [1.165, 1.54) is 19.3 Å². The van der Waals surface area contributed by atoms with Gasteiger partial charge in [-0.25, -0.2) is 0 Å². The van der Waals surface area contributed by atoms with Crippen LogP contribution in [-0.4, -0.2) is 34.4 Å². The van der Waals surface area contributed by atoms with Crippen molar-refractivity contribution in [2.45, 2.75) is 38.6 Å². The van der Waals surface area contributed by atoms with Crippen LogP contribution in [0.1, 0.15) is 43.8 Å². The number of aromatic nitrogens is 3. The summed E-state index contributed by atoms with van der Waals surface area (Å²) in [5.41, 5.74) is 0. The summed E-state index contributed by atoms with van der Waals surface area (Å²) < 4.78 is 6.97. The molecule has 6 nitrogen and oxygen atoms in total. The zero-order chi connectivity index (χ0) is 13.8. The highest BCUT2D eigenvalue weighted by molar-refractivity contribution is 5.78. The smallest absolute Gasteiger partial charge is 0.225 e. The molecule has 1 saturated carbocycles. The number of hydrogen-bond acceptors (Lipinski definition) is 4. The standard InChI is InChI=1S/C13H22N4O2/c1-9(8-19-3)13(18)14-7-11-15-16-12(17(11)2)10-5-4-6-10/h9-10H,4-8H2,1-3H3,(H,14,18)/t9-/m0/s1. The Bertz CT molecular complexity index is 440. The second-order valence-electron chi connectivity index (χ2n) is 5.24. The molecule has 0 aliphatic heterocycles. The van der Waals surface area contributed by atoms with Crippen LogP contribution in [0.25, 0.3) is 0 Å². The van der Waals surface area contributed by atoms with Gasteiger partial charge in [0.05, 0.1) is 19.1 Å². The molecule has 1 fully saturated rings. The largest absolute Gasteiger partial charge is 0.384 e. The predicted octanol–water partition coefficient (Wildman–Crippen LogP) is 0.981. The normalized spacial score (nSPS) is 17.0. The van der Waals surface area contributed by atoms with Gasteiger partial charge in [-0.15, -0.1) is 10.2 Å². The summed E-state index contributed by atoms with van der Waals surface area (Å²) in [6.45, 7) is 2.69. The molecular weight excluding hydrogens is 244 g/mol. The summed E-state index contributed by atoms with van der Waals surface area (Å²) in [4.78, 5) is 11.8. The molecule has 0 unspecified atom stereocenters. The maximum atomic E-state index is 11.8. The van der Waals surface area contributed by atoms with Crippen molar-refractivity contribution in [1.82, 2.24) is 20.1 Å². The average Bonchev–Trinajstić information content (AvgIpc) is 2.67. The maximum absolute atomic E-state index is 11.8. The van der Waals surface area contributed by atoms with Gasteiger partial charge in [0.1, 0.15) is 5.82 Å². The third-order valence-electron chi connectivity index (χ3n) is 3.75. The molecule has 1 aromatic heterocycles. The van der Waals surface area contributed by atoms with E-state index in [0.717, 1.165) is 11.6 Å². The van der Waals surface area contributed by atoms with Gasteiger partial charge in [-0.3, -0.25) is 4.79 Å². The van der Waals surface area contributed by atoms with Gasteiger partial charge in [-0.1, -0.05) is 13.3 Å². The number of hydrogen-bond donors (Lipinski definition) is 1. The second-order valence-corrected chi connectivity index (χ2v) is 5.24. The van der Waals surface area contributed by atoms with Gasteiger partial charge in [-0.2, -0.15) is 0 Å². The lowest BCUT2D eigenvalue weighted by Gasteiger charge is -2.24. The molecule has 1 heterocycles. The molecule has 19 heavy (non-hydrogen) atoms. The zero-order valence-corrected chi connectivity index (χ0v) is 11.8. The zero-order valence-electron chi connectivity index (χ0n) is 11.8. The highest BCUT2D eigenvalue weighted by Gasteiger charge is 2.25. The molecule has 6 heteroatoms. The van der Waals surface area contributed by atoms with E-state index in [1.54, 1.807) is 7.11 Å². The van der Waals surface area contributed by atoms with Crippen LogP contribution in [0.15, 0.2) is 0 Å². The Morgan fingerprint density at radius 1 is 1.53 bits per heavy atom. The van der Waals surface area contributed by atoms with Crippen LogP contribution in [0, 0.1) is 5.92 Å². The van der Waals surface area contributed by atoms with Crippen molar-refractivity contribution in [2.24, 2.45) is 13.0 Å². The van der Waals surface area contributed by atoms with Crippen molar-refractivity contribution >= 4 is 5.91 Å². The molecule has 2 rings (SSSR count). The fraction of sp³-hybridized carbons (Fsp3) is 0.769. The number of rotatable bonds is 6. The Kier molecular flexibility index (Phi) is 4.52. The molecule has 1 aliphatic carbocycles. The van der Waals surface area contributed by atoms with E-state index >= 15 is 0 Å². The monoisotopic (exact) mass is 266 g/mol. The first-order valence-corrected chi connectivity index (χ1v) is 6.78. The second kappa shape index (κ2) is 6.14. The van der Waals surface area contributed by atoms with Crippen LogP contribution in [-0.2, 0) is 23.1 Å². The quantitative estimate of drug-likeness (QED) is 0.833. The Balaban J connectivity index is 1.89. The Hall–Kier alpha value is -1.43. The van der Waals surface area contributed by atoms with Crippen LogP contribution in [0.4, 0.5) is 0 Å². The van der Waals surface area contributed by atoms with Crippen LogP contribution in [0.2, 0.25) is 0 Å². The van der Waals surface area contributed by atoms with Gasteiger partial charge in [0, 0.05) is 20.1 Å². The van der Waals surface area contributed by atoms with Gasteiger partial charge in [0.25, 0.3) is 0 Å². The fourth-order valence-electron chi connectivity index (χ4n) is 2.22.